The average molecular weight is 327 g/mol. The molecule has 0 atom stereocenters. The Morgan fingerprint density at radius 1 is 1.29 bits per heavy atom. The number of phenolic OH excluding ortho intramolecular Hbond substituents is 1. The second kappa shape index (κ2) is 8.33. The number of aromatic hydroxyl groups is 1. The molecule has 0 spiro atoms. The third-order valence-electron chi connectivity index (χ3n) is 3.20. The van der Waals surface area contributed by atoms with Crippen LogP contribution < -0.4 is 10.6 Å². The van der Waals surface area contributed by atoms with Gasteiger partial charge in [-0.25, -0.2) is 4.98 Å². The van der Waals surface area contributed by atoms with Gasteiger partial charge in [0.05, 0.1) is 6.20 Å². The van der Waals surface area contributed by atoms with Crippen LogP contribution >= 0.6 is 0 Å². The molecule has 0 aliphatic carbocycles. The predicted molar refractivity (Wildman–Crippen MR) is 87.5 cm³/mol. The quantitative estimate of drug-likeness (QED) is 0.541. The number of nitrogens with zero attached hydrogens (tertiary/aromatic N) is 3. The van der Waals surface area contributed by atoms with E-state index < -0.39 is 5.97 Å². The molecule has 0 saturated heterocycles. The lowest BCUT2D eigenvalue weighted by Gasteiger charge is -2.10. The first-order chi connectivity index (χ1) is 11.6. The van der Waals surface area contributed by atoms with E-state index in [9.17, 15) is 9.90 Å². The molecule has 24 heavy (non-hydrogen) atoms. The lowest BCUT2D eigenvalue weighted by molar-refractivity contribution is -0.137. The van der Waals surface area contributed by atoms with E-state index in [1.54, 1.807) is 18.2 Å². The van der Waals surface area contributed by atoms with E-state index in [0.717, 1.165) is 0 Å². The number of carbonyl (C=O) groups is 1. The zero-order valence-corrected chi connectivity index (χ0v) is 12.9. The van der Waals surface area contributed by atoms with Crippen molar-refractivity contribution in [3.05, 3.63) is 41.6 Å². The highest BCUT2D eigenvalue weighted by Crippen LogP contribution is 2.18. The fraction of sp³-hybridized carbons (Fsp3) is 0.250. The summed E-state index contributed by atoms with van der Waals surface area (Å²) in [5, 5.41) is 33.3. The highest BCUT2D eigenvalue weighted by Gasteiger charge is 2.08. The number of phenols is 1. The second-order valence-electron chi connectivity index (χ2n) is 4.97. The van der Waals surface area contributed by atoms with Gasteiger partial charge in [-0.15, -0.1) is 0 Å². The molecule has 0 saturated carbocycles. The number of nitrogens with one attached hydrogen (secondary N) is 2. The van der Waals surface area contributed by atoms with E-state index in [2.05, 4.69) is 20.6 Å². The molecule has 1 aromatic carbocycles. The summed E-state index contributed by atoms with van der Waals surface area (Å²) in [7, 11) is 0. The SMILES string of the molecule is N#Cc1cnc(NCc2ccccc2O)nc1NCCCC(=O)O. The molecule has 2 aromatic rings. The monoisotopic (exact) mass is 327 g/mol. The van der Waals surface area contributed by atoms with Crippen molar-refractivity contribution in [2.24, 2.45) is 0 Å². The molecule has 2 rings (SSSR count). The number of aliphatic carboxylic acids is 1. The van der Waals surface area contributed by atoms with Crippen molar-refractivity contribution < 1.29 is 15.0 Å². The van der Waals surface area contributed by atoms with Gasteiger partial charge in [-0.2, -0.15) is 10.2 Å². The Kier molecular flexibility index (Phi) is 5.91. The highest BCUT2D eigenvalue weighted by atomic mass is 16.4. The van der Waals surface area contributed by atoms with Crippen LogP contribution in [-0.2, 0) is 11.3 Å². The molecule has 1 aromatic heterocycles. The number of carboxylic acids is 1. The van der Waals surface area contributed by atoms with Crippen molar-refractivity contribution in [2.45, 2.75) is 19.4 Å². The van der Waals surface area contributed by atoms with Crippen molar-refractivity contribution in [1.29, 1.82) is 5.26 Å². The van der Waals surface area contributed by atoms with Crippen LogP contribution in [-0.4, -0.2) is 32.7 Å². The number of benzene rings is 1. The van der Waals surface area contributed by atoms with Gasteiger partial charge in [0.25, 0.3) is 0 Å². The Balaban J connectivity index is 2.01. The Morgan fingerprint density at radius 3 is 2.79 bits per heavy atom. The maximum absolute atomic E-state index is 10.5. The molecule has 0 fully saturated rings. The van der Waals surface area contributed by atoms with E-state index in [1.807, 2.05) is 12.1 Å². The van der Waals surface area contributed by atoms with Gasteiger partial charge in [-0.05, 0) is 12.5 Å². The Hall–Kier alpha value is -3.34. The van der Waals surface area contributed by atoms with Crippen molar-refractivity contribution >= 4 is 17.7 Å². The Morgan fingerprint density at radius 2 is 2.08 bits per heavy atom. The highest BCUT2D eigenvalue weighted by molar-refractivity contribution is 5.66. The number of hydrogen-bond donors (Lipinski definition) is 4. The van der Waals surface area contributed by atoms with Crippen LogP contribution in [0.4, 0.5) is 11.8 Å². The molecule has 0 aliphatic rings. The number of aromatic nitrogens is 2. The van der Waals surface area contributed by atoms with E-state index >= 15 is 0 Å². The summed E-state index contributed by atoms with van der Waals surface area (Å²) in [5.41, 5.74) is 0.972. The van der Waals surface area contributed by atoms with E-state index in [-0.39, 0.29) is 17.7 Å². The summed E-state index contributed by atoms with van der Waals surface area (Å²) in [4.78, 5) is 18.8. The smallest absolute Gasteiger partial charge is 0.303 e. The molecular weight excluding hydrogens is 310 g/mol. The molecule has 124 valence electrons. The number of anilines is 2. The standard InChI is InChI=1S/C16H17N5O3/c17-8-12-10-20-16(19-9-11-4-1-2-5-13(11)22)21-15(12)18-7-3-6-14(23)24/h1-2,4-5,10,22H,3,6-7,9H2,(H,23,24)(H2,18,19,20,21). The maximum atomic E-state index is 10.5. The number of rotatable bonds is 8. The van der Waals surface area contributed by atoms with Crippen molar-refractivity contribution in [3.8, 4) is 11.8 Å². The normalized spacial score (nSPS) is 9.96. The molecule has 0 radical (unpaired) electrons. The fourth-order valence-corrected chi connectivity index (χ4v) is 1.96. The molecule has 0 amide bonds. The summed E-state index contributed by atoms with van der Waals surface area (Å²) >= 11 is 0. The second-order valence-corrected chi connectivity index (χ2v) is 4.97. The minimum atomic E-state index is -0.870. The van der Waals surface area contributed by atoms with Crippen LogP contribution in [0.15, 0.2) is 30.5 Å². The van der Waals surface area contributed by atoms with Gasteiger partial charge in [0.15, 0.2) is 0 Å². The number of carboxylic acid groups (broad SMARTS) is 1. The zero-order chi connectivity index (χ0) is 17.4. The maximum Gasteiger partial charge on any atom is 0.303 e. The first kappa shape index (κ1) is 17.0. The summed E-state index contributed by atoms with van der Waals surface area (Å²) in [6.45, 7) is 0.716. The summed E-state index contributed by atoms with van der Waals surface area (Å²) in [6, 6.07) is 8.89. The van der Waals surface area contributed by atoms with Crippen LogP contribution in [0.5, 0.6) is 5.75 Å². The Labute approximate surface area is 138 Å². The molecule has 0 aliphatic heterocycles. The third kappa shape index (κ3) is 4.84. The van der Waals surface area contributed by atoms with Gasteiger partial charge in [-0.3, -0.25) is 4.79 Å². The molecule has 8 nitrogen and oxygen atoms in total. The number of nitriles is 1. The van der Waals surface area contributed by atoms with Gasteiger partial charge < -0.3 is 20.8 Å². The van der Waals surface area contributed by atoms with E-state index in [0.29, 0.717) is 36.8 Å². The van der Waals surface area contributed by atoms with Crippen molar-refractivity contribution in [1.82, 2.24) is 9.97 Å². The van der Waals surface area contributed by atoms with Crippen LogP contribution in [0.25, 0.3) is 0 Å². The zero-order valence-electron chi connectivity index (χ0n) is 12.9. The largest absolute Gasteiger partial charge is 0.508 e. The van der Waals surface area contributed by atoms with Crippen LogP contribution in [0.1, 0.15) is 24.0 Å². The predicted octanol–water partition coefficient (Wildman–Crippen LogP) is 1.94. The minimum absolute atomic E-state index is 0.0400. The lowest BCUT2D eigenvalue weighted by Crippen LogP contribution is -2.10. The average Bonchev–Trinajstić information content (AvgIpc) is 2.58. The first-order valence-corrected chi connectivity index (χ1v) is 7.33. The van der Waals surface area contributed by atoms with E-state index in [4.69, 9.17) is 10.4 Å². The van der Waals surface area contributed by atoms with Crippen LogP contribution in [0.2, 0.25) is 0 Å². The van der Waals surface area contributed by atoms with E-state index in [1.165, 1.54) is 6.20 Å². The first-order valence-electron chi connectivity index (χ1n) is 7.33. The Bertz CT molecular complexity index is 758. The van der Waals surface area contributed by atoms with Gasteiger partial charge in [0, 0.05) is 25.1 Å². The summed E-state index contributed by atoms with van der Waals surface area (Å²) < 4.78 is 0. The lowest BCUT2D eigenvalue weighted by atomic mass is 10.2. The molecule has 0 unspecified atom stereocenters. The number of hydrogen-bond acceptors (Lipinski definition) is 7. The van der Waals surface area contributed by atoms with Crippen molar-refractivity contribution in [3.63, 3.8) is 0 Å². The van der Waals surface area contributed by atoms with Crippen molar-refractivity contribution in [2.75, 3.05) is 17.2 Å². The molecule has 1 heterocycles. The summed E-state index contributed by atoms with van der Waals surface area (Å²) in [6.07, 6.45) is 1.85. The molecule has 8 heteroatoms. The minimum Gasteiger partial charge on any atom is -0.508 e. The van der Waals surface area contributed by atoms with Gasteiger partial charge in [0.1, 0.15) is 23.2 Å². The van der Waals surface area contributed by atoms with Crippen LogP contribution in [0.3, 0.4) is 0 Å². The fourth-order valence-electron chi connectivity index (χ4n) is 1.96. The third-order valence-corrected chi connectivity index (χ3v) is 3.20. The van der Waals surface area contributed by atoms with Crippen LogP contribution in [0, 0.1) is 11.3 Å². The molecular formula is C16H17N5O3. The van der Waals surface area contributed by atoms with Gasteiger partial charge in [-0.1, -0.05) is 18.2 Å². The summed E-state index contributed by atoms with van der Waals surface area (Å²) in [5.74, 6) is -0.0497. The molecule has 4 N–H and O–H groups in total. The van der Waals surface area contributed by atoms with Gasteiger partial charge >= 0.3 is 5.97 Å². The van der Waals surface area contributed by atoms with Gasteiger partial charge in [0.2, 0.25) is 5.95 Å². The molecule has 0 bridgehead atoms. The number of para-hydroxylation sites is 1. The topological polar surface area (TPSA) is 131 Å².